The number of anilines is 2. The first-order valence-corrected chi connectivity index (χ1v) is 10.9. The number of carbonyl (C=O) groups excluding carboxylic acids is 1. The maximum absolute atomic E-state index is 13.5. The van der Waals surface area contributed by atoms with Crippen LogP contribution in [0.25, 0.3) is 0 Å². The number of halogens is 3. The number of piperidine rings is 1. The van der Waals surface area contributed by atoms with Crippen molar-refractivity contribution in [2.75, 3.05) is 49.2 Å². The van der Waals surface area contributed by atoms with Crippen molar-refractivity contribution in [2.45, 2.75) is 31.9 Å². The van der Waals surface area contributed by atoms with Crippen LogP contribution in [0.3, 0.4) is 0 Å². The third-order valence-electron chi connectivity index (χ3n) is 5.27. The number of thiazole rings is 1. The number of aromatic nitrogens is 2. The second-order valence-electron chi connectivity index (χ2n) is 7.44. The van der Waals surface area contributed by atoms with Crippen molar-refractivity contribution in [1.82, 2.24) is 9.97 Å². The Morgan fingerprint density at radius 2 is 1.80 bits per heavy atom. The Balaban J connectivity index is 1.51. The Morgan fingerprint density at radius 1 is 1.07 bits per heavy atom. The van der Waals surface area contributed by atoms with Crippen molar-refractivity contribution in [2.24, 2.45) is 0 Å². The highest BCUT2D eigenvalue weighted by Crippen LogP contribution is 2.38. The van der Waals surface area contributed by atoms with Gasteiger partial charge in [-0.05, 0) is 30.9 Å². The molecule has 10 heteroatoms. The third kappa shape index (κ3) is 4.75. The molecule has 2 aromatic heterocycles. The lowest BCUT2D eigenvalue weighted by Crippen LogP contribution is -2.36. The second kappa shape index (κ2) is 8.89. The molecule has 2 aliphatic rings. The molecule has 0 unspecified atom stereocenters. The molecule has 0 aromatic carbocycles. The number of pyridine rings is 1. The third-order valence-corrected chi connectivity index (χ3v) is 6.43. The van der Waals surface area contributed by atoms with Gasteiger partial charge in [-0.2, -0.15) is 13.2 Å². The standard InChI is InChI=1S/C20H23F3N4O2S/c21-20(22,23)18-17(30-19(25-18)27-6-2-1-3-7-27)15(28)12-14-4-5-16(24-13-14)26-8-10-29-11-9-26/h4-5,13H,1-3,6-12H2. The predicted molar refractivity (Wildman–Crippen MR) is 108 cm³/mol. The monoisotopic (exact) mass is 440 g/mol. The van der Waals surface area contributed by atoms with Crippen LogP contribution in [0.1, 0.15) is 40.2 Å². The van der Waals surface area contributed by atoms with Gasteiger partial charge in [-0.3, -0.25) is 4.79 Å². The molecule has 0 amide bonds. The first-order chi connectivity index (χ1) is 14.4. The molecule has 6 nitrogen and oxygen atoms in total. The largest absolute Gasteiger partial charge is 0.435 e. The van der Waals surface area contributed by atoms with E-state index in [9.17, 15) is 18.0 Å². The van der Waals surface area contributed by atoms with E-state index >= 15 is 0 Å². The van der Waals surface area contributed by atoms with Gasteiger partial charge in [0, 0.05) is 38.8 Å². The normalized spacial score (nSPS) is 18.0. The van der Waals surface area contributed by atoms with Gasteiger partial charge in [0.25, 0.3) is 0 Å². The molecule has 0 N–H and O–H groups in total. The van der Waals surface area contributed by atoms with Gasteiger partial charge in [-0.1, -0.05) is 17.4 Å². The summed E-state index contributed by atoms with van der Waals surface area (Å²) >= 11 is 0.849. The van der Waals surface area contributed by atoms with E-state index in [1.165, 1.54) is 0 Å². The molecule has 0 aliphatic carbocycles. The molecule has 0 atom stereocenters. The van der Waals surface area contributed by atoms with Crippen molar-refractivity contribution in [1.29, 1.82) is 0 Å². The van der Waals surface area contributed by atoms with Crippen LogP contribution in [0.2, 0.25) is 0 Å². The predicted octanol–water partition coefficient (Wildman–Crippen LogP) is 3.81. The summed E-state index contributed by atoms with van der Waals surface area (Å²) in [4.78, 5) is 24.5. The molecule has 30 heavy (non-hydrogen) atoms. The molecule has 0 saturated carbocycles. The van der Waals surface area contributed by atoms with Crippen LogP contribution in [0.5, 0.6) is 0 Å². The van der Waals surface area contributed by atoms with Crippen molar-refractivity contribution in [3.05, 3.63) is 34.5 Å². The van der Waals surface area contributed by atoms with E-state index in [1.807, 2.05) is 4.90 Å². The van der Waals surface area contributed by atoms with Crippen molar-refractivity contribution in [3.63, 3.8) is 0 Å². The van der Waals surface area contributed by atoms with E-state index in [2.05, 4.69) is 14.9 Å². The minimum atomic E-state index is -4.66. The van der Waals surface area contributed by atoms with Gasteiger partial charge < -0.3 is 14.5 Å². The van der Waals surface area contributed by atoms with E-state index in [0.717, 1.165) is 49.5 Å². The Morgan fingerprint density at radius 3 is 2.43 bits per heavy atom. The zero-order valence-corrected chi connectivity index (χ0v) is 17.3. The summed E-state index contributed by atoms with van der Waals surface area (Å²) in [6.45, 7) is 4.08. The average Bonchev–Trinajstić information content (AvgIpc) is 3.22. The quantitative estimate of drug-likeness (QED) is 0.659. The Bertz CT molecular complexity index is 873. The SMILES string of the molecule is O=C(Cc1ccc(N2CCOCC2)nc1)c1sc(N2CCCCC2)nc1C(F)(F)F. The topological polar surface area (TPSA) is 58.6 Å². The van der Waals surface area contributed by atoms with Crippen LogP contribution in [-0.2, 0) is 17.3 Å². The van der Waals surface area contributed by atoms with Gasteiger partial charge >= 0.3 is 6.18 Å². The Hall–Kier alpha value is -2.20. The zero-order chi connectivity index (χ0) is 21.1. The molecule has 2 fully saturated rings. The van der Waals surface area contributed by atoms with Crippen LogP contribution in [0.15, 0.2) is 18.3 Å². The van der Waals surface area contributed by atoms with Crippen molar-refractivity contribution >= 4 is 28.1 Å². The van der Waals surface area contributed by atoms with E-state index < -0.39 is 17.7 Å². The fraction of sp³-hybridized carbons (Fsp3) is 0.550. The molecule has 0 spiro atoms. The maximum atomic E-state index is 13.5. The number of carbonyl (C=O) groups is 1. The summed E-state index contributed by atoms with van der Waals surface area (Å²) < 4.78 is 45.9. The lowest BCUT2D eigenvalue weighted by molar-refractivity contribution is -0.141. The highest BCUT2D eigenvalue weighted by molar-refractivity contribution is 7.17. The fourth-order valence-electron chi connectivity index (χ4n) is 3.68. The minimum Gasteiger partial charge on any atom is -0.378 e. The first kappa shape index (κ1) is 21.0. The lowest BCUT2D eigenvalue weighted by Gasteiger charge is -2.27. The smallest absolute Gasteiger partial charge is 0.378 e. The van der Waals surface area contributed by atoms with Crippen molar-refractivity contribution in [3.8, 4) is 0 Å². The Labute approximate surface area is 176 Å². The van der Waals surface area contributed by atoms with E-state index in [4.69, 9.17) is 4.74 Å². The van der Waals surface area contributed by atoms with E-state index in [1.54, 1.807) is 18.3 Å². The number of rotatable bonds is 5. The summed E-state index contributed by atoms with van der Waals surface area (Å²) in [5, 5.41) is 0.283. The summed E-state index contributed by atoms with van der Waals surface area (Å²) in [6, 6.07) is 3.54. The van der Waals surface area contributed by atoms with Gasteiger partial charge in [-0.15, -0.1) is 0 Å². The van der Waals surface area contributed by atoms with Crippen molar-refractivity contribution < 1.29 is 22.7 Å². The molecule has 162 valence electrons. The maximum Gasteiger partial charge on any atom is 0.435 e. The van der Waals surface area contributed by atoms with Crippen LogP contribution < -0.4 is 9.80 Å². The highest BCUT2D eigenvalue weighted by atomic mass is 32.1. The molecule has 2 aromatic rings. The molecular formula is C20H23F3N4O2S. The molecule has 0 bridgehead atoms. The molecule has 4 rings (SSSR count). The Kier molecular flexibility index (Phi) is 6.24. The average molecular weight is 440 g/mol. The number of alkyl halides is 3. The van der Waals surface area contributed by atoms with Gasteiger partial charge in [0.1, 0.15) is 10.7 Å². The van der Waals surface area contributed by atoms with Gasteiger partial charge in [0.15, 0.2) is 16.6 Å². The van der Waals surface area contributed by atoms with Gasteiger partial charge in [0.2, 0.25) is 0 Å². The van der Waals surface area contributed by atoms with Crippen LogP contribution in [0.4, 0.5) is 24.1 Å². The van der Waals surface area contributed by atoms with E-state index in [0.29, 0.717) is 31.9 Å². The van der Waals surface area contributed by atoms with Crippen LogP contribution in [-0.4, -0.2) is 55.1 Å². The van der Waals surface area contributed by atoms with Gasteiger partial charge in [-0.25, -0.2) is 9.97 Å². The molecule has 2 aliphatic heterocycles. The molecule has 0 radical (unpaired) electrons. The number of hydrogen-bond donors (Lipinski definition) is 0. The number of ether oxygens (including phenoxy) is 1. The van der Waals surface area contributed by atoms with Crippen LogP contribution >= 0.6 is 11.3 Å². The summed E-state index contributed by atoms with van der Waals surface area (Å²) in [5.41, 5.74) is -0.492. The summed E-state index contributed by atoms with van der Waals surface area (Å²) in [6.07, 6.45) is -0.332. The molecule has 2 saturated heterocycles. The lowest BCUT2D eigenvalue weighted by atomic mass is 10.1. The second-order valence-corrected chi connectivity index (χ2v) is 8.42. The number of morpholine rings is 1. The number of hydrogen-bond acceptors (Lipinski definition) is 7. The fourth-order valence-corrected chi connectivity index (χ4v) is 4.75. The number of ketones is 1. The van der Waals surface area contributed by atoms with Gasteiger partial charge in [0.05, 0.1) is 13.2 Å². The summed E-state index contributed by atoms with van der Waals surface area (Å²) in [5.74, 6) is 0.194. The minimum absolute atomic E-state index is 0.138. The number of Topliss-reactive ketones (excluding diaryl/α,β-unsaturated/α-hetero) is 1. The number of nitrogens with zero attached hydrogens (tertiary/aromatic N) is 4. The highest BCUT2D eigenvalue weighted by Gasteiger charge is 2.40. The summed E-state index contributed by atoms with van der Waals surface area (Å²) in [7, 11) is 0. The first-order valence-electron chi connectivity index (χ1n) is 10.1. The van der Waals surface area contributed by atoms with Crippen LogP contribution in [0, 0.1) is 0 Å². The zero-order valence-electron chi connectivity index (χ0n) is 16.5. The molecular weight excluding hydrogens is 417 g/mol. The molecule has 4 heterocycles. The van der Waals surface area contributed by atoms with E-state index in [-0.39, 0.29) is 16.4 Å².